The van der Waals surface area contributed by atoms with Gasteiger partial charge < -0.3 is 19.3 Å². The molecule has 12 nitrogen and oxygen atoms in total. The number of benzene rings is 2. The Morgan fingerprint density at radius 2 is 1.88 bits per heavy atom. The number of carbonyl (C=O) groups excluding carboxylic acids is 1. The van der Waals surface area contributed by atoms with E-state index in [0.29, 0.717) is 0 Å². The van der Waals surface area contributed by atoms with Crippen molar-refractivity contribution in [3.8, 4) is 5.75 Å². The van der Waals surface area contributed by atoms with Gasteiger partial charge in [0.15, 0.2) is 10.8 Å². The van der Waals surface area contributed by atoms with Gasteiger partial charge in [-0.1, -0.05) is 13.0 Å². The molecular formula is C26H32FN5O7S2. The molecule has 4 rings (SSSR count). The number of likely N-dealkylation sites (N-methyl/N-ethyl adjacent to an activating group) is 1. The number of halogens is 1. The maximum absolute atomic E-state index is 13.6. The predicted octanol–water partition coefficient (Wildman–Crippen LogP) is 1.90. The van der Waals surface area contributed by atoms with Crippen LogP contribution in [0.2, 0.25) is 0 Å². The molecule has 0 unspecified atom stereocenters. The van der Waals surface area contributed by atoms with Crippen LogP contribution in [0.1, 0.15) is 24.2 Å². The molecule has 3 aromatic rings. The standard InChI is InChI=1S/C26H32FN5O7S2/c1-17-12-32(18(2)15-33)26(34)21-6-5-7-22(29-40(35,36)20-10-8-19(27)9-11-20)25(21)39-23(17)13-31(4)41(37,38)24-14-30(3)16-28-24/h5-11,14,16-18,23,29,33H,12-13,15H2,1-4H3/t17-,18+,23+/m1/s1. The summed E-state index contributed by atoms with van der Waals surface area (Å²) in [5.74, 6) is -1.66. The highest BCUT2D eigenvalue weighted by Crippen LogP contribution is 2.36. The molecule has 0 saturated carbocycles. The zero-order valence-electron chi connectivity index (χ0n) is 22.9. The maximum Gasteiger partial charge on any atom is 0.262 e. The first kappa shape index (κ1) is 30.4. The average molecular weight is 610 g/mol. The van der Waals surface area contributed by atoms with Crippen LogP contribution in [-0.4, -0.2) is 85.5 Å². The van der Waals surface area contributed by atoms with Crippen LogP contribution < -0.4 is 9.46 Å². The van der Waals surface area contributed by atoms with Gasteiger partial charge in [0, 0.05) is 32.8 Å². The largest absolute Gasteiger partial charge is 0.486 e. The molecule has 3 atom stereocenters. The molecule has 41 heavy (non-hydrogen) atoms. The van der Waals surface area contributed by atoms with E-state index in [0.717, 1.165) is 28.6 Å². The third-order valence-corrected chi connectivity index (χ3v) is 9.94. The van der Waals surface area contributed by atoms with Crippen molar-refractivity contribution < 1.29 is 35.9 Å². The fraction of sp³-hybridized carbons (Fsp3) is 0.385. The fourth-order valence-electron chi connectivity index (χ4n) is 4.39. The summed E-state index contributed by atoms with van der Waals surface area (Å²) in [6.07, 6.45) is 1.88. The molecule has 0 spiro atoms. The van der Waals surface area contributed by atoms with Crippen LogP contribution in [0.3, 0.4) is 0 Å². The van der Waals surface area contributed by atoms with Crippen molar-refractivity contribution in [2.75, 3.05) is 31.5 Å². The van der Waals surface area contributed by atoms with Crippen molar-refractivity contribution in [2.24, 2.45) is 13.0 Å². The number of aliphatic hydroxyl groups is 1. The molecule has 0 saturated heterocycles. The first-order chi connectivity index (χ1) is 19.2. The van der Waals surface area contributed by atoms with Crippen molar-refractivity contribution in [3.63, 3.8) is 0 Å². The number of nitrogens with one attached hydrogen (secondary N) is 1. The lowest BCUT2D eigenvalue weighted by atomic mass is 9.99. The van der Waals surface area contributed by atoms with Gasteiger partial charge in [-0.05, 0) is 43.3 Å². The minimum atomic E-state index is -4.23. The van der Waals surface area contributed by atoms with Gasteiger partial charge in [0.05, 0.1) is 41.7 Å². The van der Waals surface area contributed by atoms with Crippen molar-refractivity contribution in [1.29, 1.82) is 0 Å². The Bertz CT molecular complexity index is 1630. The number of hydrogen-bond acceptors (Lipinski definition) is 8. The summed E-state index contributed by atoms with van der Waals surface area (Å²) < 4.78 is 77.4. The van der Waals surface area contributed by atoms with Crippen molar-refractivity contribution in [1.82, 2.24) is 18.8 Å². The minimum absolute atomic E-state index is 0.0248. The summed E-state index contributed by atoms with van der Waals surface area (Å²) in [6, 6.07) is 7.97. The summed E-state index contributed by atoms with van der Waals surface area (Å²) in [6.45, 7) is 3.08. The fourth-order valence-corrected chi connectivity index (χ4v) is 6.60. The van der Waals surface area contributed by atoms with Crippen LogP contribution >= 0.6 is 0 Å². The number of sulfonamides is 2. The summed E-state index contributed by atoms with van der Waals surface area (Å²) in [5, 5.41) is 9.71. The van der Waals surface area contributed by atoms with Gasteiger partial charge in [0.25, 0.3) is 26.0 Å². The quantitative estimate of drug-likeness (QED) is 0.373. The number of nitrogens with zero attached hydrogens (tertiary/aromatic N) is 4. The number of ether oxygens (including phenoxy) is 1. The molecule has 2 heterocycles. The molecule has 0 radical (unpaired) electrons. The second-order valence-corrected chi connectivity index (χ2v) is 13.7. The SMILES string of the molecule is C[C@@H]1CN([C@@H](C)CO)C(=O)c2cccc(NS(=O)(=O)c3ccc(F)cc3)c2O[C@H]1CN(C)S(=O)(=O)c1cn(C)cn1. The highest BCUT2D eigenvalue weighted by atomic mass is 32.2. The van der Waals surface area contributed by atoms with Crippen LogP contribution in [0.5, 0.6) is 5.75 Å². The molecule has 1 amide bonds. The Balaban J connectivity index is 1.76. The molecule has 2 N–H and O–H groups in total. The molecular weight excluding hydrogens is 577 g/mol. The molecule has 15 heteroatoms. The zero-order valence-corrected chi connectivity index (χ0v) is 24.6. The van der Waals surface area contributed by atoms with E-state index in [9.17, 15) is 31.1 Å². The van der Waals surface area contributed by atoms with Gasteiger partial charge in [0.2, 0.25) is 0 Å². The van der Waals surface area contributed by atoms with E-state index in [-0.39, 0.29) is 46.6 Å². The van der Waals surface area contributed by atoms with Crippen LogP contribution in [-0.2, 0) is 27.1 Å². The van der Waals surface area contributed by atoms with E-state index in [4.69, 9.17) is 4.74 Å². The summed E-state index contributed by atoms with van der Waals surface area (Å²) in [7, 11) is -5.21. The first-order valence-electron chi connectivity index (χ1n) is 12.7. The number of aromatic nitrogens is 2. The van der Waals surface area contributed by atoms with Gasteiger partial charge in [-0.3, -0.25) is 9.52 Å². The average Bonchev–Trinajstić information content (AvgIpc) is 3.37. The highest BCUT2D eigenvalue weighted by molar-refractivity contribution is 7.92. The normalized spacial score (nSPS) is 18.8. The van der Waals surface area contributed by atoms with E-state index in [1.54, 1.807) is 20.9 Å². The van der Waals surface area contributed by atoms with Gasteiger partial charge in [-0.15, -0.1) is 0 Å². The third-order valence-electron chi connectivity index (χ3n) is 6.85. The number of aryl methyl sites for hydroxylation is 1. The highest BCUT2D eigenvalue weighted by Gasteiger charge is 2.37. The molecule has 0 fully saturated rings. The summed E-state index contributed by atoms with van der Waals surface area (Å²) in [4.78, 5) is 18.8. The molecule has 1 aliphatic rings. The lowest BCUT2D eigenvalue weighted by Crippen LogP contribution is -2.50. The number of aliphatic hydroxyl groups excluding tert-OH is 1. The molecule has 222 valence electrons. The lowest BCUT2D eigenvalue weighted by molar-refractivity contribution is 0.0389. The first-order valence-corrected chi connectivity index (χ1v) is 15.6. The Kier molecular flexibility index (Phi) is 8.73. The third kappa shape index (κ3) is 6.37. The second kappa shape index (κ2) is 11.8. The Labute approximate surface area is 238 Å². The molecule has 0 aliphatic carbocycles. The number of rotatable bonds is 9. The molecule has 1 aromatic heterocycles. The van der Waals surface area contributed by atoms with Crippen LogP contribution in [0, 0.1) is 11.7 Å². The Morgan fingerprint density at radius 3 is 2.49 bits per heavy atom. The summed E-state index contributed by atoms with van der Waals surface area (Å²) >= 11 is 0. The smallest absolute Gasteiger partial charge is 0.262 e. The van der Waals surface area contributed by atoms with Crippen LogP contribution in [0.4, 0.5) is 10.1 Å². The van der Waals surface area contributed by atoms with E-state index >= 15 is 0 Å². The van der Waals surface area contributed by atoms with Crippen molar-refractivity contribution in [2.45, 2.75) is 35.9 Å². The number of para-hydroxylation sites is 1. The molecule has 2 aromatic carbocycles. The topological polar surface area (TPSA) is 151 Å². The van der Waals surface area contributed by atoms with E-state index in [2.05, 4.69) is 9.71 Å². The summed E-state index contributed by atoms with van der Waals surface area (Å²) in [5.41, 5.74) is -0.0390. The van der Waals surface area contributed by atoms with E-state index in [1.165, 1.54) is 47.2 Å². The van der Waals surface area contributed by atoms with Crippen LogP contribution in [0.25, 0.3) is 0 Å². The molecule has 0 bridgehead atoms. The predicted molar refractivity (Wildman–Crippen MR) is 148 cm³/mol. The van der Waals surface area contributed by atoms with Crippen molar-refractivity contribution in [3.05, 3.63) is 66.4 Å². The maximum atomic E-state index is 13.6. The molecule has 1 aliphatic heterocycles. The number of fused-ring (bicyclic) bond motifs is 1. The Morgan fingerprint density at radius 1 is 1.20 bits per heavy atom. The number of anilines is 1. The van der Waals surface area contributed by atoms with Gasteiger partial charge in [0.1, 0.15) is 11.9 Å². The monoisotopic (exact) mass is 609 g/mol. The Hall–Kier alpha value is -3.53. The number of amides is 1. The van der Waals surface area contributed by atoms with Gasteiger partial charge in [-0.2, -0.15) is 4.31 Å². The zero-order chi connectivity index (χ0) is 30.1. The van der Waals surface area contributed by atoms with Gasteiger partial charge >= 0.3 is 0 Å². The number of carbonyl (C=O) groups is 1. The van der Waals surface area contributed by atoms with E-state index < -0.39 is 49.8 Å². The van der Waals surface area contributed by atoms with Crippen LogP contribution in [0.15, 0.2) is 64.9 Å². The number of hydrogen-bond donors (Lipinski definition) is 2. The van der Waals surface area contributed by atoms with Crippen molar-refractivity contribution >= 4 is 31.6 Å². The lowest BCUT2D eigenvalue weighted by Gasteiger charge is -2.38. The second-order valence-electron chi connectivity index (χ2n) is 10.0. The van der Waals surface area contributed by atoms with Gasteiger partial charge in [-0.25, -0.2) is 26.2 Å². The minimum Gasteiger partial charge on any atom is -0.486 e. The van der Waals surface area contributed by atoms with E-state index in [1.807, 2.05) is 0 Å². The number of imidazole rings is 1.